The van der Waals surface area contributed by atoms with Crippen molar-refractivity contribution in [1.29, 1.82) is 0 Å². The van der Waals surface area contributed by atoms with Crippen molar-refractivity contribution in [2.24, 2.45) is 5.41 Å². The monoisotopic (exact) mass is 291 g/mol. The van der Waals surface area contributed by atoms with Crippen LogP contribution in [0.25, 0.3) is 0 Å². The standard InChI is InChI=1S/C16H22FN3O/c1-12-3-4-13(17)14(9-12)18-15(21)20-8-6-16(11-20)5-7-19(2)10-16/h3-4,9H,5-8,10-11H2,1-2H3,(H,18,21)/t16-/m0/s1. The molecular weight excluding hydrogens is 269 g/mol. The Balaban J connectivity index is 1.66. The van der Waals surface area contributed by atoms with Gasteiger partial charge in [0.05, 0.1) is 5.69 Å². The van der Waals surface area contributed by atoms with Crippen LogP contribution in [0.3, 0.4) is 0 Å². The van der Waals surface area contributed by atoms with Gasteiger partial charge in [0.15, 0.2) is 0 Å². The second-order valence-corrected chi connectivity index (χ2v) is 6.57. The summed E-state index contributed by atoms with van der Waals surface area (Å²) in [5.41, 5.74) is 1.45. The second kappa shape index (κ2) is 5.30. The van der Waals surface area contributed by atoms with Gasteiger partial charge in [-0.3, -0.25) is 0 Å². The van der Waals surface area contributed by atoms with Crippen molar-refractivity contribution in [1.82, 2.24) is 9.80 Å². The fraction of sp³-hybridized carbons (Fsp3) is 0.562. The van der Waals surface area contributed by atoms with Gasteiger partial charge in [-0.1, -0.05) is 6.07 Å². The van der Waals surface area contributed by atoms with E-state index in [0.29, 0.717) is 0 Å². The molecule has 1 N–H and O–H groups in total. The van der Waals surface area contributed by atoms with Gasteiger partial charge in [-0.2, -0.15) is 0 Å². The number of urea groups is 1. The predicted octanol–water partition coefficient (Wildman–Crippen LogP) is 2.69. The molecule has 2 fully saturated rings. The molecule has 5 heteroatoms. The van der Waals surface area contributed by atoms with Crippen LogP contribution in [0.15, 0.2) is 18.2 Å². The largest absolute Gasteiger partial charge is 0.324 e. The molecule has 2 heterocycles. The van der Waals surface area contributed by atoms with E-state index in [9.17, 15) is 9.18 Å². The second-order valence-electron chi connectivity index (χ2n) is 6.57. The highest BCUT2D eigenvalue weighted by atomic mass is 19.1. The molecular formula is C16H22FN3O. The molecule has 1 spiro atoms. The van der Waals surface area contributed by atoms with Crippen molar-refractivity contribution in [2.75, 3.05) is 38.5 Å². The Labute approximate surface area is 124 Å². The van der Waals surface area contributed by atoms with Crippen LogP contribution in [0.5, 0.6) is 0 Å². The number of amides is 2. The summed E-state index contributed by atoms with van der Waals surface area (Å²) in [6.45, 7) is 5.57. The van der Waals surface area contributed by atoms with Gasteiger partial charge in [-0.25, -0.2) is 9.18 Å². The average Bonchev–Trinajstić information content (AvgIpc) is 3.01. The number of aryl methyl sites for hydroxylation is 1. The number of anilines is 1. The third kappa shape index (κ3) is 2.88. The quantitative estimate of drug-likeness (QED) is 0.863. The summed E-state index contributed by atoms with van der Waals surface area (Å²) >= 11 is 0. The van der Waals surface area contributed by atoms with Gasteiger partial charge < -0.3 is 15.1 Å². The molecule has 0 saturated carbocycles. The van der Waals surface area contributed by atoms with Crippen LogP contribution >= 0.6 is 0 Å². The fourth-order valence-electron chi connectivity index (χ4n) is 3.53. The summed E-state index contributed by atoms with van der Waals surface area (Å²) in [6.07, 6.45) is 2.19. The Bertz CT molecular complexity index is 562. The van der Waals surface area contributed by atoms with E-state index in [0.717, 1.165) is 44.6 Å². The first-order valence-corrected chi connectivity index (χ1v) is 7.48. The lowest BCUT2D eigenvalue weighted by Gasteiger charge is -2.24. The highest BCUT2D eigenvalue weighted by molar-refractivity contribution is 5.89. The minimum absolute atomic E-state index is 0.189. The highest BCUT2D eigenvalue weighted by Crippen LogP contribution is 2.39. The number of halogens is 1. The maximum atomic E-state index is 13.7. The van der Waals surface area contributed by atoms with E-state index in [2.05, 4.69) is 17.3 Å². The molecule has 3 rings (SSSR count). The number of nitrogens with zero attached hydrogens (tertiary/aromatic N) is 2. The van der Waals surface area contributed by atoms with Crippen molar-refractivity contribution in [3.8, 4) is 0 Å². The van der Waals surface area contributed by atoms with Crippen LogP contribution in [0, 0.1) is 18.2 Å². The first-order valence-electron chi connectivity index (χ1n) is 7.48. The zero-order valence-electron chi connectivity index (χ0n) is 12.7. The van der Waals surface area contributed by atoms with Crippen LogP contribution in [0.4, 0.5) is 14.9 Å². The number of nitrogens with one attached hydrogen (secondary N) is 1. The lowest BCUT2D eigenvalue weighted by Crippen LogP contribution is -2.36. The Morgan fingerprint density at radius 3 is 2.76 bits per heavy atom. The maximum Gasteiger partial charge on any atom is 0.321 e. The van der Waals surface area contributed by atoms with Gasteiger partial charge in [-0.05, 0) is 51.1 Å². The van der Waals surface area contributed by atoms with E-state index >= 15 is 0 Å². The molecule has 0 unspecified atom stereocenters. The van der Waals surface area contributed by atoms with Crippen molar-refractivity contribution < 1.29 is 9.18 Å². The van der Waals surface area contributed by atoms with Crippen LogP contribution in [0.1, 0.15) is 18.4 Å². The molecule has 2 saturated heterocycles. The fourth-order valence-corrected chi connectivity index (χ4v) is 3.53. The number of benzene rings is 1. The molecule has 2 aliphatic rings. The van der Waals surface area contributed by atoms with Gasteiger partial charge in [0.1, 0.15) is 5.82 Å². The number of likely N-dealkylation sites (tertiary alicyclic amines) is 2. The van der Waals surface area contributed by atoms with E-state index in [4.69, 9.17) is 0 Å². The molecule has 114 valence electrons. The van der Waals surface area contributed by atoms with E-state index < -0.39 is 0 Å². The Morgan fingerprint density at radius 1 is 1.29 bits per heavy atom. The summed E-state index contributed by atoms with van der Waals surface area (Å²) in [7, 11) is 2.12. The van der Waals surface area contributed by atoms with Gasteiger partial charge in [0.25, 0.3) is 0 Å². The zero-order valence-corrected chi connectivity index (χ0v) is 12.7. The summed E-state index contributed by atoms with van der Waals surface area (Å²) in [5.74, 6) is -0.386. The molecule has 0 radical (unpaired) electrons. The van der Waals surface area contributed by atoms with Crippen molar-refractivity contribution in [3.63, 3.8) is 0 Å². The molecule has 21 heavy (non-hydrogen) atoms. The number of carbonyl (C=O) groups excluding carboxylic acids is 1. The lowest BCUT2D eigenvalue weighted by atomic mass is 9.86. The van der Waals surface area contributed by atoms with Gasteiger partial charge in [0.2, 0.25) is 0 Å². The minimum atomic E-state index is -0.386. The summed E-state index contributed by atoms with van der Waals surface area (Å²) < 4.78 is 13.7. The predicted molar refractivity (Wildman–Crippen MR) is 80.9 cm³/mol. The lowest BCUT2D eigenvalue weighted by molar-refractivity contribution is 0.212. The molecule has 0 aliphatic carbocycles. The first-order chi connectivity index (χ1) is 9.97. The summed E-state index contributed by atoms with van der Waals surface area (Å²) in [4.78, 5) is 16.5. The Hall–Kier alpha value is -1.62. The van der Waals surface area contributed by atoms with Crippen LogP contribution < -0.4 is 5.32 Å². The molecule has 2 aliphatic heterocycles. The van der Waals surface area contributed by atoms with Gasteiger partial charge >= 0.3 is 6.03 Å². The van der Waals surface area contributed by atoms with E-state index in [-0.39, 0.29) is 23.0 Å². The molecule has 1 atom stereocenters. The third-order valence-electron chi connectivity index (χ3n) is 4.72. The highest BCUT2D eigenvalue weighted by Gasteiger charge is 2.43. The minimum Gasteiger partial charge on any atom is -0.324 e. The molecule has 1 aromatic rings. The van der Waals surface area contributed by atoms with Crippen molar-refractivity contribution in [3.05, 3.63) is 29.6 Å². The SMILES string of the molecule is Cc1ccc(F)c(NC(=O)N2CC[C@]3(CCN(C)C3)C2)c1. The van der Waals surface area contributed by atoms with Crippen LogP contribution in [-0.2, 0) is 0 Å². The summed E-state index contributed by atoms with van der Waals surface area (Å²) in [5, 5.41) is 2.71. The van der Waals surface area contributed by atoms with E-state index in [1.165, 1.54) is 6.07 Å². The van der Waals surface area contributed by atoms with Crippen molar-refractivity contribution in [2.45, 2.75) is 19.8 Å². The zero-order chi connectivity index (χ0) is 15.0. The number of hydrogen-bond donors (Lipinski definition) is 1. The number of carbonyl (C=O) groups is 1. The summed E-state index contributed by atoms with van der Waals surface area (Å²) in [6, 6.07) is 4.57. The smallest absolute Gasteiger partial charge is 0.321 e. The van der Waals surface area contributed by atoms with Gasteiger partial charge in [0, 0.05) is 25.0 Å². The topological polar surface area (TPSA) is 35.6 Å². The van der Waals surface area contributed by atoms with E-state index in [1.54, 1.807) is 12.1 Å². The molecule has 1 aromatic carbocycles. The first kappa shape index (κ1) is 14.3. The van der Waals surface area contributed by atoms with Crippen molar-refractivity contribution >= 4 is 11.7 Å². The van der Waals surface area contributed by atoms with Crippen LogP contribution in [0.2, 0.25) is 0 Å². The molecule has 0 bridgehead atoms. The Morgan fingerprint density at radius 2 is 2.05 bits per heavy atom. The average molecular weight is 291 g/mol. The Kier molecular flexibility index (Phi) is 3.61. The number of hydrogen-bond acceptors (Lipinski definition) is 2. The van der Waals surface area contributed by atoms with E-state index in [1.807, 2.05) is 11.8 Å². The molecule has 4 nitrogen and oxygen atoms in total. The van der Waals surface area contributed by atoms with Crippen LogP contribution in [-0.4, -0.2) is 49.1 Å². The maximum absolute atomic E-state index is 13.7. The third-order valence-corrected chi connectivity index (χ3v) is 4.72. The molecule has 2 amide bonds. The number of rotatable bonds is 1. The normalized spacial score (nSPS) is 25.8. The molecule has 0 aromatic heterocycles. The van der Waals surface area contributed by atoms with Gasteiger partial charge in [-0.15, -0.1) is 0 Å².